The maximum atomic E-state index is 9.73. The third kappa shape index (κ3) is 5.25. The number of nitrogens with one attached hydrogen (secondary N) is 1. The summed E-state index contributed by atoms with van der Waals surface area (Å²) in [5, 5.41) is 13.6. The number of aromatic nitrogens is 2. The number of hydrogen-bond donors (Lipinski definition) is 1. The summed E-state index contributed by atoms with van der Waals surface area (Å²) in [6.45, 7) is 3.97. The van der Waals surface area contributed by atoms with Gasteiger partial charge in [-0.15, -0.1) is 0 Å². The van der Waals surface area contributed by atoms with Crippen molar-refractivity contribution in [2.75, 3.05) is 45.6 Å². The van der Waals surface area contributed by atoms with Crippen molar-refractivity contribution < 1.29 is 14.2 Å². The van der Waals surface area contributed by atoms with Gasteiger partial charge in [-0.05, 0) is 37.8 Å². The number of ether oxygens (including phenoxy) is 3. The molecule has 2 rings (SSSR count). The summed E-state index contributed by atoms with van der Waals surface area (Å²) < 4.78 is 16.0. The largest absolute Gasteiger partial charge is 0.493 e. The van der Waals surface area contributed by atoms with E-state index in [9.17, 15) is 5.26 Å². The Labute approximate surface area is 164 Å². The van der Waals surface area contributed by atoms with Crippen LogP contribution in [0, 0.1) is 11.3 Å². The van der Waals surface area contributed by atoms with Crippen LogP contribution >= 0.6 is 11.8 Å². The molecular weight excluding hydrogens is 364 g/mol. The third-order valence-electron chi connectivity index (χ3n) is 3.80. The lowest BCUT2D eigenvalue weighted by molar-refractivity contribution is 0.147. The first kappa shape index (κ1) is 20.8. The molecule has 2 aromatic rings. The smallest absolute Gasteiger partial charge is 0.189 e. The molecule has 1 aromatic heterocycles. The van der Waals surface area contributed by atoms with E-state index in [4.69, 9.17) is 14.2 Å². The first-order chi connectivity index (χ1) is 13.2. The van der Waals surface area contributed by atoms with Crippen molar-refractivity contribution >= 4 is 17.6 Å². The van der Waals surface area contributed by atoms with Gasteiger partial charge in [0, 0.05) is 25.3 Å². The maximum absolute atomic E-state index is 9.73. The first-order valence-electron chi connectivity index (χ1n) is 8.58. The molecule has 144 valence electrons. The molecule has 27 heavy (non-hydrogen) atoms. The Bertz CT molecular complexity index is 808. The van der Waals surface area contributed by atoms with Gasteiger partial charge in [0.05, 0.1) is 19.9 Å². The summed E-state index contributed by atoms with van der Waals surface area (Å²) in [5.74, 6) is 1.72. The van der Waals surface area contributed by atoms with Crippen molar-refractivity contribution in [3.05, 3.63) is 23.8 Å². The summed E-state index contributed by atoms with van der Waals surface area (Å²) in [6, 6.07) is 7.69. The Morgan fingerprint density at radius 1 is 1.19 bits per heavy atom. The van der Waals surface area contributed by atoms with Crippen molar-refractivity contribution in [1.29, 1.82) is 5.26 Å². The lowest BCUT2D eigenvalue weighted by Crippen LogP contribution is -2.10. The van der Waals surface area contributed by atoms with E-state index in [1.165, 1.54) is 11.8 Å². The number of benzene rings is 1. The highest BCUT2D eigenvalue weighted by molar-refractivity contribution is 7.98. The second kappa shape index (κ2) is 10.6. The van der Waals surface area contributed by atoms with Gasteiger partial charge in [0.1, 0.15) is 17.5 Å². The molecule has 0 atom stereocenters. The lowest BCUT2D eigenvalue weighted by atomic mass is 10.1. The Kier molecular flexibility index (Phi) is 8.17. The predicted molar refractivity (Wildman–Crippen MR) is 107 cm³/mol. The van der Waals surface area contributed by atoms with Crippen LogP contribution in [0.15, 0.2) is 23.4 Å². The fourth-order valence-electron chi connectivity index (χ4n) is 2.48. The van der Waals surface area contributed by atoms with Crippen molar-refractivity contribution in [1.82, 2.24) is 9.97 Å². The summed E-state index contributed by atoms with van der Waals surface area (Å²) in [6.07, 6.45) is 2.72. The molecule has 0 radical (unpaired) electrons. The first-order valence-corrected chi connectivity index (χ1v) is 9.81. The van der Waals surface area contributed by atoms with Gasteiger partial charge in [0.25, 0.3) is 0 Å². The van der Waals surface area contributed by atoms with E-state index < -0.39 is 0 Å². The van der Waals surface area contributed by atoms with E-state index in [1.54, 1.807) is 20.3 Å². The van der Waals surface area contributed by atoms with Crippen molar-refractivity contribution in [2.24, 2.45) is 0 Å². The highest BCUT2D eigenvalue weighted by atomic mass is 32.2. The van der Waals surface area contributed by atoms with E-state index in [-0.39, 0.29) is 0 Å². The molecule has 8 heteroatoms. The van der Waals surface area contributed by atoms with Crippen LogP contribution in [0.4, 0.5) is 5.82 Å². The average Bonchev–Trinajstić information content (AvgIpc) is 2.72. The van der Waals surface area contributed by atoms with Crippen LogP contribution in [0.3, 0.4) is 0 Å². The fourth-order valence-corrected chi connectivity index (χ4v) is 2.85. The molecule has 0 saturated heterocycles. The molecule has 0 aliphatic heterocycles. The molecule has 0 spiro atoms. The monoisotopic (exact) mass is 388 g/mol. The molecule has 1 heterocycles. The second-order valence-electron chi connectivity index (χ2n) is 5.44. The van der Waals surface area contributed by atoms with Gasteiger partial charge >= 0.3 is 0 Å². The van der Waals surface area contributed by atoms with Gasteiger partial charge in [-0.3, -0.25) is 0 Å². The van der Waals surface area contributed by atoms with Crippen LogP contribution < -0.4 is 14.8 Å². The topological polar surface area (TPSA) is 89.3 Å². The van der Waals surface area contributed by atoms with E-state index >= 15 is 0 Å². The van der Waals surface area contributed by atoms with Gasteiger partial charge in [-0.1, -0.05) is 11.8 Å². The minimum absolute atomic E-state index is 0.399. The molecule has 7 nitrogen and oxygen atoms in total. The summed E-state index contributed by atoms with van der Waals surface area (Å²) in [5.41, 5.74) is 1.72. The number of anilines is 1. The molecular formula is C19H24N4O3S. The van der Waals surface area contributed by atoms with Gasteiger partial charge in [-0.2, -0.15) is 5.26 Å². The van der Waals surface area contributed by atoms with Crippen molar-refractivity contribution in [3.63, 3.8) is 0 Å². The van der Waals surface area contributed by atoms with Gasteiger partial charge in [0.2, 0.25) is 0 Å². The molecule has 0 aliphatic carbocycles. The van der Waals surface area contributed by atoms with Gasteiger partial charge in [0.15, 0.2) is 16.7 Å². The average molecular weight is 388 g/mol. The zero-order valence-electron chi connectivity index (χ0n) is 16.0. The minimum Gasteiger partial charge on any atom is -0.493 e. The zero-order valence-corrected chi connectivity index (χ0v) is 16.9. The number of methoxy groups -OCH3 is 2. The second-order valence-corrected chi connectivity index (χ2v) is 6.21. The highest BCUT2D eigenvalue weighted by Gasteiger charge is 2.17. The molecule has 0 unspecified atom stereocenters. The Morgan fingerprint density at radius 2 is 1.96 bits per heavy atom. The van der Waals surface area contributed by atoms with E-state index in [2.05, 4.69) is 21.4 Å². The summed E-state index contributed by atoms with van der Waals surface area (Å²) >= 11 is 1.42. The number of nitrogens with zero attached hydrogens (tertiary/aromatic N) is 3. The van der Waals surface area contributed by atoms with Gasteiger partial charge in [-0.25, -0.2) is 9.97 Å². The lowest BCUT2D eigenvalue weighted by Gasteiger charge is -2.14. The predicted octanol–water partition coefficient (Wildman–Crippen LogP) is 3.59. The van der Waals surface area contributed by atoms with E-state index in [1.807, 2.05) is 25.3 Å². The van der Waals surface area contributed by atoms with Crippen LogP contribution in [0.1, 0.15) is 18.9 Å². The quantitative estimate of drug-likeness (QED) is 0.375. The van der Waals surface area contributed by atoms with Crippen LogP contribution in [-0.2, 0) is 4.74 Å². The van der Waals surface area contributed by atoms with Crippen LogP contribution in [0.5, 0.6) is 11.5 Å². The molecule has 1 aromatic carbocycles. The summed E-state index contributed by atoms with van der Waals surface area (Å²) in [4.78, 5) is 9.01. The fraction of sp³-hybridized carbons (Fsp3) is 0.421. The molecule has 0 bridgehead atoms. The Hall–Kier alpha value is -2.50. The minimum atomic E-state index is 0.399. The van der Waals surface area contributed by atoms with Crippen molar-refractivity contribution in [3.8, 4) is 28.8 Å². The number of nitriles is 1. The van der Waals surface area contributed by atoms with Crippen LogP contribution in [0.25, 0.3) is 11.3 Å². The molecule has 0 saturated carbocycles. The zero-order chi connectivity index (χ0) is 19.6. The summed E-state index contributed by atoms with van der Waals surface area (Å²) in [7, 11) is 3.16. The normalized spacial score (nSPS) is 10.3. The molecule has 1 N–H and O–H groups in total. The number of rotatable bonds is 10. The number of thioether (sulfide) groups is 1. The SMILES string of the molecule is CCOCCCNc1nc(SC)nc(-c2ccc(OC)c(OC)c2)c1C#N. The third-order valence-corrected chi connectivity index (χ3v) is 4.35. The standard InChI is InChI=1S/C19H24N4O3S/c1-5-26-10-6-9-21-18-14(12-20)17(22-19(23-18)27-4)13-7-8-15(24-2)16(11-13)25-3/h7-8,11H,5-6,9-10H2,1-4H3,(H,21,22,23). The molecule has 0 fully saturated rings. The van der Waals surface area contributed by atoms with E-state index in [0.29, 0.717) is 53.5 Å². The van der Waals surface area contributed by atoms with Crippen LogP contribution in [-0.4, -0.2) is 50.2 Å². The highest BCUT2D eigenvalue weighted by Crippen LogP contribution is 2.34. The van der Waals surface area contributed by atoms with E-state index in [0.717, 1.165) is 12.0 Å². The molecule has 0 amide bonds. The maximum Gasteiger partial charge on any atom is 0.189 e. The number of hydrogen-bond acceptors (Lipinski definition) is 8. The van der Waals surface area contributed by atoms with Gasteiger partial charge < -0.3 is 19.5 Å². The molecule has 0 aliphatic rings. The van der Waals surface area contributed by atoms with Crippen molar-refractivity contribution in [2.45, 2.75) is 18.5 Å². The Morgan fingerprint density at radius 3 is 2.59 bits per heavy atom. The Balaban J connectivity index is 2.41. The van der Waals surface area contributed by atoms with Crippen LogP contribution in [0.2, 0.25) is 0 Å².